The highest BCUT2D eigenvalue weighted by molar-refractivity contribution is 5.82. The Hall–Kier alpha value is -2.22. The molecule has 0 heterocycles. The van der Waals surface area contributed by atoms with Gasteiger partial charge in [0.1, 0.15) is 0 Å². The molecule has 130 valence electrons. The van der Waals surface area contributed by atoms with Crippen LogP contribution in [-0.4, -0.2) is 12.4 Å². The predicted molar refractivity (Wildman–Crippen MR) is 108 cm³/mol. The first kappa shape index (κ1) is 17.6. The van der Waals surface area contributed by atoms with E-state index in [0.29, 0.717) is 0 Å². The van der Waals surface area contributed by atoms with Crippen molar-refractivity contribution < 1.29 is 0 Å². The zero-order valence-electron chi connectivity index (χ0n) is 15.4. The molecule has 2 nitrogen and oxygen atoms in total. The van der Waals surface area contributed by atoms with Crippen LogP contribution in [0.3, 0.4) is 0 Å². The molecule has 0 spiro atoms. The highest BCUT2D eigenvalue weighted by atomic mass is 15.2. The van der Waals surface area contributed by atoms with Gasteiger partial charge in [0.25, 0.3) is 0 Å². The third-order valence-corrected chi connectivity index (χ3v) is 5.29. The Balaban J connectivity index is 1.55. The molecule has 1 fully saturated rings. The van der Waals surface area contributed by atoms with Crippen molar-refractivity contribution in [2.45, 2.75) is 51.9 Å². The van der Waals surface area contributed by atoms with Crippen molar-refractivity contribution in [1.29, 1.82) is 0 Å². The maximum atomic E-state index is 4.18. The van der Waals surface area contributed by atoms with E-state index in [1.165, 1.54) is 36.8 Å². The summed E-state index contributed by atoms with van der Waals surface area (Å²) in [5.74, 6) is 1.64. The summed E-state index contributed by atoms with van der Waals surface area (Å²) in [4.78, 5) is 0. The van der Waals surface area contributed by atoms with Gasteiger partial charge in [0.05, 0.1) is 12.4 Å². The van der Waals surface area contributed by atoms with E-state index in [1.807, 2.05) is 6.21 Å². The fourth-order valence-electron chi connectivity index (χ4n) is 3.49. The van der Waals surface area contributed by atoms with Crippen LogP contribution >= 0.6 is 0 Å². The molecule has 0 radical (unpaired) electrons. The third kappa shape index (κ3) is 5.12. The first-order valence-corrected chi connectivity index (χ1v) is 9.50. The number of aryl methyl sites for hydroxylation is 1. The quantitative estimate of drug-likeness (QED) is 0.474. The summed E-state index contributed by atoms with van der Waals surface area (Å²) in [6, 6.07) is 17.3. The van der Waals surface area contributed by atoms with E-state index in [9.17, 15) is 0 Å². The molecule has 0 aromatic heterocycles. The summed E-state index contributed by atoms with van der Waals surface area (Å²) in [6.45, 7) is 4.53. The number of nitrogens with zero attached hydrogens (tertiary/aromatic N) is 2. The van der Waals surface area contributed by atoms with Gasteiger partial charge in [-0.15, -0.1) is 0 Å². The predicted octanol–water partition coefficient (Wildman–Crippen LogP) is 6.00. The lowest BCUT2D eigenvalue weighted by Gasteiger charge is -2.26. The second-order valence-corrected chi connectivity index (χ2v) is 7.21. The first-order valence-electron chi connectivity index (χ1n) is 9.50. The lowest BCUT2D eigenvalue weighted by atomic mass is 9.79. The molecule has 3 rings (SSSR count). The fraction of sp³-hybridized carbons (Fsp3) is 0.391. The SMILES string of the molecule is CCc1ccc(C=NN=Cc2ccc([C@H]3CC[C@H](C)CC3)cc2)cc1. The molecule has 2 aromatic rings. The van der Waals surface area contributed by atoms with Crippen LogP contribution < -0.4 is 0 Å². The zero-order chi connectivity index (χ0) is 17.5. The molecule has 0 atom stereocenters. The third-order valence-electron chi connectivity index (χ3n) is 5.29. The Morgan fingerprint density at radius 1 is 0.800 bits per heavy atom. The van der Waals surface area contributed by atoms with Crippen molar-refractivity contribution in [1.82, 2.24) is 0 Å². The van der Waals surface area contributed by atoms with Gasteiger partial charge in [0.15, 0.2) is 0 Å². The van der Waals surface area contributed by atoms with Gasteiger partial charge in [-0.25, -0.2) is 0 Å². The summed E-state index contributed by atoms with van der Waals surface area (Å²) >= 11 is 0. The van der Waals surface area contributed by atoms with Gasteiger partial charge in [-0.2, -0.15) is 10.2 Å². The van der Waals surface area contributed by atoms with Gasteiger partial charge in [-0.1, -0.05) is 75.2 Å². The average molecular weight is 332 g/mol. The van der Waals surface area contributed by atoms with Gasteiger partial charge in [-0.3, -0.25) is 0 Å². The van der Waals surface area contributed by atoms with Crippen LogP contribution in [0.2, 0.25) is 0 Å². The van der Waals surface area contributed by atoms with Crippen LogP contribution in [0.25, 0.3) is 0 Å². The van der Waals surface area contributed by atoms with Crippen molar-refractivity contribution >= 4 is 12.4 Å². The van der Waals surface area contributed by atoms with Crippen LogP contribution in [0.5, 0.6) is 0 Å². The van der Waals surface area contributed by atoms with Crippen LogP contribution in [0.15, 0.2) is 58.7 Å². The molecular formula is C23H28N2. The van der Waals surface area contributed by atoms with Crippen molar-refractivity contribution in [3.63, 3.8) is 0 Å². The molecule has 0 unspecified atom stereocenters. The van der Waals surface area contributed by atoms with Crippen LogP contribution in [0, 0.1) is 5.92 Å². The van der Waals surface area contributed by atoms with Crippen LogP contribution in [0.1, 0.15) is 67.7 Å². The molecule has 0 saturated heterocycles. The molecule has 1 aliphatic carbocycles. The van der Waals surface area contributed by atoms with Gasteiger partial charge in [0.2, 0.25) is 0 Å². The number of hydrogen-bond acceptors (Lipinski definition) is 2. The minimum Gasteiger partial charge on any atom is -0.159 e. The molecule has 1 saturated carbocycles. The lowest BCUT2D eigenvalue weighted by Crippen LogP contribution is -2.10. The molecule has 0 amide bonds. The normalized spacial score (nSPS) is 21.2. The number of hydrogen-bond donors (Lipinski definition) is 0. The average Bonchev–Trinajstić information content (AvgIpc) is 2.67. The molecule has 2 aromatic carbocycles. The Bertz CT molecular complexity index is 703. The second kappa shape index (κ2) is 8.75. The van der Waals surface area contributed by atoms with E-state index < -0.39 is 0 Å². The van der Waals surface area contributed by atoms with Gasteiger partial charge >= 0.3 is 0 Å². The molecular weight excluding hydrogens is 304 g/mol. The first-order chi connectivity index (χ1) is 12.2. The topological polar surface area (TPSA) is 24.7 Å². The Morgan fingerprint density at radius 2 is 1.32 bits per heavy atom. The Kier molecular flexibility index (Phi) is 6.16. The maximum absolute atomic E-state index is 4.18. The van der Waals surface area contributed by atoms with Crippen molar-refractivity contribution in [2.24, 2.45) is 16.1 Å². The van der Waals surface area contributed by atoms with Crippen molar-refractivity contribution in [2.75, 3.05) is 0 Å². The second-order valence-electron chi connectivity index (χ2n) is 7.21. The monoisotopic (exact) mass is 332 g/mol. The summed E-state index contributed by atoms with van der Waals surface area (Å²) in [7, 11) is 0. The largest absolute Gasteiger partial charge is 0.159 e. The van der Waals surface area contributed by atoms with E-state index in [-0.39, 0.29) is 0 Å². The Morgan fingerprint density at radius 3 is 1.84 bits per heavy atom. The van der Waals surface area contributed by atoms with E-state index in [4.69, 9.17) is 0 Å². The van der Waals surface area contributed by atoms with E-state index in [0.717, 1.165) is 29.4 Å². The Labute approximate surface area is 151 Å². The fourth-order valence-corrected chi connectivity index (χ4v) is 3.49. The minimum absolute atomic E-state index is 0.742. The van der Waals surface area contributed by atoms with Crippen molar-refractivity contribution in [3.05, 3.63) is 70.8 Å². The lowest BCUT2D eigenvalue weighted by molar-refractivity contribution is 0.348. The summed E-state index contributed by atoms with van der Waals surface area (Å²) < 4.78 is 0. The summed E-state index contributed by atoms with van der Waals surface area (Å²) in [6.07, 6.45) is 10.1. The standard InChI is InChI=1S/C23H28N2/c1-3-19-6-8-20(9-7-19)16-24-25-17-21-10-14-23(15-11-21)22-12-4-18(2)5-13-22/h6-11,14-18,22H,3-5,12-13H2,1-2H3/t18-,22-. The van der Waals surface area contributed by atoms with Crippen LogP contribution in [0.4, 0.5) is 0 Å². The minimum atomic E-state index is 0.742. The molecule has 0 aliphatic heterocycles. The zero-order valence-corrected chi connectivity index (χ0v) is 15.4. The number of rotatable bonds is 5. The molecule has 0 bridgehead atoms. The highest BCUT2D eigenvalue weighted by Gasteiger charge is 2.19. The van der Waals surface area contributed by atoms with Crippen molar-refractivity contribution in [3.8, 4) is 0 Å². The van der Waals surface area contributed by atoms with Gasteiger partial charge in [0, 0.05) is 0 Å². The molecule has 2 heteroatoms. The molecule has 0 N–H and O–H groups in total. The van der Waals surface area contributed by atoms with Gasteiger partial charge < -0.3 is 0 Å². The highest BCUT2D eigenvalue weighted by Crippen LogP contribution is 2.35. The van der Waals surface area contributed by atoms with Gasteiger partial charge in [-0.05, 0) is 53.4 Å². The van der Waals surface area contributed by atoms with E-state index in [1.54, 1.807) is 6.21 Å². The van der Waals surface area contributed by atoms with E-state index >= 15 is 0 Å². The van der Waals surface area contributed by atoms with Crippen LogP contribution in [-0.2, 0) is 6.42 Å². The molecule has 1 aliphatic rings. The smallest absolute Gasteiger partial charge is 0.0568 e. The molecule has 25 heavy (non-hydrogen) atoms. The summed E-state index contributed by atoms with van der Waals surface area (Å²) in [5, 5.41) is 8.33. The maximum Gasteiger partial charge on any atom is 0.0568 e. The summed E-state index contributed by atoms with van der Waals surface area (Å²) in [5.41, 5.74) is 5.00. The number of benzene rings is 2. The van der Waals surface area contributed by atoms with E-state index in [2.05, 4.69) is 72.6 Å².